The number of aromatic amines is 1. The molecule has 0 unspecified atom stereocenters. The summed E-state index contributed by atoms with van der Waals surface area (Å²) < 4.78 is 6.79. The number of azide groups is 1. The van der Waals surface area contributed by atoms with Gasteiger partial charge in [-0.2, -0.15) is 0 Å². The molecule has 122 valence electrons. The van der Waals surface area contributed by atoms with Gasteiger partial charge in [-0.1, -0.05) is 18.0 Å². The number of aromatic nitrogens is 2. The number of hydrogen-bond acceptors (Lipinski definition) is 4. The summed E-state index contributed by atoms with van der Waals surface area (Å²) >= 11 is 0. The molecule has 0 saturated heterocycles. The van der Waals surface area contributed by atoms with Gasteiger partial charge in [0.05, 0.1) is 17.4 Å². The van der Waals surface area contributed by atoms with Gasteiger partial charge in [-0.05, 0) is 36.6 Å². The molecule has 0 radical (unpaired) electrons. The quantitative estimate of drug-likeness (QED) is 0.349. The molecule has 0 fully saturated rings. The van der Waals surface area contributed by atoms with Gasteiger partial charge in [-0.25, -0.2) is 0 Å². The number of benzene rings is 1. The molecule has 0 atom stereocenters. The Labute approximate surface area is 132 Å². The predicted molar refractivity (Wildman–Crippen MR) is 87.8 cm³/mol. The van der Waals surface area contributed by atoms with Gasteiger partial charge in [-0.3, -0.25) is 19.4 Å². The number of unbranched alkanes of at least 4 members (excludes halogenated alkanes) is 3. The van der Waals surface area contributed by atoms with Crippen LogP contribution in [0.4, 0.5) is 0 Å². The molecule has 8 nitrogen and oxygen atoms in total. The maximum Gasteiger partial charge on any atom is 0.272 e. The normalized spacial score (nSPS) is 10.5. The first-order valence-corrected chi connectivity index (χ1v) is 7.50. The Hall–Kier alpha value is -2.73. The van der Waals surface area contributed by atoms with E-state index >= 15 is 0 Å². The highest BCUT2D eigenvalue weighted by atomic mass is 16.5. The first kappa shape index (κ1) is 16.6. The van der Waals surface area contributed by atoms with Crippen molar-refractivity contribution in [1.82, 2.24) is 9.78 Å². The Balaban J connectivity index is 1.91. The molecular weight excluding hydrogens is 298 g/mol. The van der Waals surface area contributed by atoms with Gasteiger partial charge in [0.1, 0.15) is 5.75 Å². The van der Waals surface area contributed by atoms with E-state index in [-0.39, 0.29) is 11.1 Å². The summed E-state index contributed by atoms with van der Waals surface area (Å²) in [4.78, 5) is 26.5. The molecule has 0 amide bonds. The number of hydrogen-bond donors (Lipinski definition) is 1. The molecule has 1 N–H and O–H groups in total. The molecular formula is C15H19N5O3. The maximum absolute atomic E-state index is 11.9. The molecule has 0 aliphatic heterocycles. The van der Waals surface area contributed by atoms with E-state index in [1.165, 1.54) is 11.7 Å². The van der Waals surface area contributed by atoms with Gasteiger partial charge in [0.2, 0.25) is 0 Å². The van der Waals surface area contributed by atoms with E-state index in [2.05, 4.69) is 15.1 Å². The Morgan fingerprint density at radius 3 is 2.78 bits per heavy atom. The maximum atomic E-state index is 11.9. The topological polar surface area (TPSA) is 113 Å². The van der Waals surface area contributed by atoms with Crippen LogP contribution in [0.15, 0.2) is 32.9 Å². The summed E-state index contributed by atoms with van der Waals surface area (Å²) in [6, 6.07) is 4.91. The van der Waals surface area contributed by atoms with Crippen molar-refractivity contribution in [3.05, 3.63) is 49.3 Å². The molecule has 1 aromatic carbocycles. The third-order valence-corrected chi connectivity index (χ3v) is 3.52. The number of ether oxygens (including phenoxy) is 1. The second-order valence-corrected chi connectivity index (χ2v) is 5.23. The van der Waals surface area contributed by atoms with Gasteiger partial charge >= 0.3 is 0 Å². The van der Waals surface area contributed by atoms with Crippen LogP contribution in [0.5, 0.6) is 5.75 Å². The van der Waals surface area contributed by atoms with Gasteiger partial charge in [-0.15, -0.1) is 0 Å². The SMILES string of the molecule is Cn1[nH]c(=O)c2cc(OCCCCCCN=[N+]=[N-])ccc2c1=O. The van der Waals surface area contributed by atoms with Crippen molar-refractivity contribution in [2.75, 3.05) is 13.2 Å². The van der Waals surface area contributed by atoms with Crippen molar-refractivity contribution < 1.29 is 4.74 Å². The van der Waals surface area contributed by atoms with Crippen LogP contribution in [0.25, 0.3) is 21.2 Å². The Kier molecular flexibility index (Phi) is 5.82. The highest BCUT2D eigenvalue weighted by molar-refractivity contribution is 5.81. The minimum atomic E-state index is -0.314. The van der Waals surface area contributed by atoms with E-state index in [0.29, 0.717) is 29.7 Å². The van der Waals surface area contributed by atoms with Crippen LogP contribution < -0.4 is 15.9 Å². The molecule has 1 heterocycles. The van der Waals surface area contributed by atoms with E-state index < -0.39 is 0 Å². The Bertz CT molecular complexity index is 833. The second kappa shape index (κ2) is 8.05. The second-order valence-electron chi connectivity index (χ2n) is 5.23. The molecule has 0 spiro atoms. The third-order valence-electron chi connectivity index (χ3n) is 3.52. The van der Waals surface area contributed by atoms with Crippen LogP contribution in [0, 0.1) is 0 Å². The standard InChI is InChI=1S/C15H19N5O3/c1-20-15(22)12-7-6-11(10-13(12)14(21)18-20)23-9-5-3-2-4-8-17-19-16/h6-7,10H,2-5,8-9H2,1H3,(H,18,21). The van der Waals surface area contributed by atoms with Crippen molar-refractivity contribution in [3.63, 3.8) is 0 Å². The van der Waals surface area contributed by atoms with Crippen molar-refractivity contribution in [2.24, 2.45) is 12.2 Å². The molecule has 0 aliphatic carbocycles. The zero-order valence-corrected chi connectivity index (χ0v) is 13.0. The zero-order valence-electron chi connectivity index (χ0n) is 13.0. The summed E-state index contributed by atoms with van der Waals surface area (Å²) in [5, 5.41) is 6.66. The summed E-state index contributed by atoms with van der Waals surface area (Å²) in [7, 11) is 1.51. The molecule has 8 heteroatoms. The molecule has 2 aromatic rings. The average molecular weight is 317 g/mol. The van der Waals surface area contributed by atoms with Crippen molar-refractivity contribution in [1.29, 1.82) is 0 Å². The van der Waals surface area contributed by atoms with Gasteiger partial charge in [0.25, 0.3) is 11.1 Å². The zero-order chi connectivity index (χ0) is 16.7. The summed E-state index contributed by atoms with van der Waals surface area (Å²) in [5.41, 5.74) is 7.59. The largest absolute Gasteiger partial charge is 0.494 e. The van der Waals surface area contributed by atoms with Crippen molar-refractivity contribution in [2.45, 2.75) is 25.7 Å². The molecule has 1 aromatic heterocycles. The lowest BCUT2D eigenvalue weighted by atomic mass is 10.2. The van der Waals surface area contributed by atoms with E-state index in [9.17, 15) is 9.59 Å². The monoisotopic (exact) mass is 317 g/mol. The lowest BCUT2D eigenvalue weighted by molar-refractivity contribution is 0.305. The summed E-state index contributed by atoms with van der Waals surface area (Å²) in [5.74, 6) is 0.574. The smallest absolute Gasteiger partial charge is 0.272 e. The van der Waals surface area contributed by atoms with Gasteiger partial charge in [0, 0.05) is 18.5 Å². The molecule has 2 rings (SSSR count). The van der Waals surface area contributed by atoms with Crippen LogP contribution in [0.2, 0.25) is 0 Å². The average Bonchev–Trinajstić information content (AvgIpc) is 2.55. The van der Waals surface area contributed by atoms with Crippen LogP contribution in [-0.2, 0) is 7.05 Å². The van der Waals surface area contributed by atoms with E-state index in [4.69, 9.17) is 10.3 Å². The fraction of sp³-hybridized carbons (Fsp3) is 0.467. The third kappa shape index (κ3) is 4.37. The fourth-order valence-corrected chi connectivity index (χ4v) is 2.30. The summed E-state index contributed by atoms with van der Waals surface area (Å²) in [6.45, 7) is 1.07. The number of fused-ring (bicyclic) bond motifs is 1. The minimum Gasteiger partial charge on any atom is -0.494 e. The minimum absolute atomic E-state index is 0.244. The predicted octanol–water partition coefficient (Wildman–Crippen LogP) is 2.48. The van der Waals surface area contributed by atoms with Gasteiger partial charge in [0.15, 0.2) is 0 Å². The molecule has 0 aliphatic rings. The van der Waals surface area contributed by atoms with Gasteiger partial charge < -0.3 is 4.74 Å². The first-order chi connectivity index (χ1) is 11.1. The van der Waals surface area contributed by atoms with Crippen molar-refractivity contribution >= 4 is 10.8 Å². The number of aryl methyl sites for hydroxylation is 1. The van der Waals surface area contributed by atoms with E-state index in [1.807, 2.05) is 0 Å². The van der Waals surface area contributed by atoms with Crippen LogP contribution in [0.3, 0.4) is 0 Å². The Morgan fingerprint density at radius 2 is 2.00 bits per heavy atom. The Morgan fingerprint density at radius 1 is 1.22 bits per heavy atom. The number of rotatable bonds is 8. The lowest BCUT2D eigenvalue weighted by Crippen LogP contribution is -2.27. The number of nitrogens with zero attached hydrogens (tertiary/aromatic N) is 4. The highest BCUT2D eigenvalue weighted by Crippen LogP contribution is 2.16. The first-order valence-electron chi connectivity index (χ1n) is 7.50. The molecule has 23 heavy (non-hydrogen) atoms. The summed E-state index contributed by atoms with van der Waals surface area (Å²) in [6.07, 6.45) is 3.71. The number of H-pyrrole nitrogens is 1. The van der Waals surface area contributed by atoms with Crippen LogP contribution in [-0.4, -0.2) is 22.9 Å². The van der Waals surface area contributed by atoms with Crippen molar-refractivity contribution in [3.8, 4) is 5.75 Å². The molecule has 0 saturated carbocycles. The number of nitrogens with one attached hydrogen (secondary N) is 1. The van der Waals surface area contributed by atoms with Crippen LogP contribution in [0.1, 0.15) is 25.7 Å². The van der Waals surface area contributed by atoms with Crippen LogP contribution >= 0.6 is 0 Å². The lowest BCUT2D eigenvalue weighted by Gasteiger charge is -2.07. The fourth-order valence-electron chi connectivity index (χ4n) is 2.30. The van der Waals surface area contributed by atoms with E-state index in [0.717, 1.165) is 25.7 Å². The molecule has 0 bridgehead atoms. The highest BCUT2D eigenvalue weighted by Gasteiger charge is 2.06. The van der Waals surface area contributed by atoms with E-state index in [1.54, 1.807) is 18.2 Å².